The van der Waals surface area contributed by atoms with Gasteiger partial charge in [0.05, 0.1) is 13.0 Å². The van der Waals surface area contributed by atoms with Crippen LogP contribution < -0.4 is 10.2 Å². The van der Waals surface area contributed by atoms with Crippen LogP contribution in [-0.2, 0) is 14.4 Å². The summed E-state index contributed by atoms with van der Waals surface area (Å²) in [4.78, 5) is 46.4. The molecule has 0 aliphatic carbocycles. The minimum absolute atomic E-state index is 0.0784. The number of hydrogen-bond acceptors (Lipinski definition) is 8. The first-order chi connectivity index (χ1) is 13.8. The summed E-state index contributed by atoms with van der Waals surface area (Å²) >= 11 is 0. The van der Waals surface area contributed by atoms with E-state index in [1.54, 1.807) is 7.05 Å². The molecule has 1 aliphatic rings. The van der Waals surface area contributed by atoms with Crippen LogP contribution in [0.15, 0.2) is 12.1 Å². The molecule has 1 aromatic rings. The van der Waals surface area contributed by atoms with E-state index in [1.807, 2.05) is 0 Å². The van der Waals surface area contributed by atoms with E-state index < -0.39 is 17.7 Å². The summed E-state index contributed by atoms with van der Waals surface area (Å²) in [6.07, 6.45) is -0.302. The van der Waals surface area contributed by atoms with Gasteiger partial charge in [-0.2, -0.15) is 0 Å². The van der Waals surface area contributed by atoms with Crippen LogP contribution in [0.4, 0.5) is 0 Å². The van der Waals surface area contributed by atoms with Gasteiger partial charge in [-0.15, -0.1) is 4.73 Å². The highest BCUT2D eigenvalue weighted by Crippen LogP contribution is 2.18. The fraction of sp³-hybridized carbons (Fsp3) is 0.611. The molecule has 1 aliphatic heterocycles. The number of aromatic nitrogens is 1. The predicted molar refractivity (Wildman–Crippen MR) is 103 cm³/mol. The van der Waals surface area contributed by atoms with E-state index in [-0.39, 0.29) is 24.7 Å². The van der Waals surface area contributed by atoms with Crippen molar-refractivity contribution in [3.63, 3.8) is 0 Å². The molecule has 0 spiro atoms. The summed E-state index contributed by atoms with van der Waals surface area (Å²) in [6, 6.07) is 2.33. The average Bonchev–Trinajstić information content (AvgIpc) is 2.99. The van der Waals surface area contributed by atoms with Gasteiger partial charge in [0.1, 0.15) is 0 Å². The fourth-order valence-electron chi connectivity index (χ4n) is 2.80. The largest absolute Gasteiger partial charge is 0.492 e. The molecule has 1 fully saturated rings. The molecule has 162 valence electrons. The second kappa shape index (κ2) is 10.7. The van der Waals surface area contributed by atoms with Crippen LogP contribution in [0.2, 0.25) is 0 Å². The molecule has 2 amide bonds. The lowest BCUT2D eigenvalue weighted by Gasteiger charge is -2.31. The Labute approximate surface area is 169 Å². The highest BCUT2D eigenvalue weighted by Gasteiger charge is 2.18. The van der Waals surface area contributed by atoms with Crippen molar-refractivity contribution in [3.8, 4) is 11.8 Å². The number of hydrogen-bond donors (Lipinski definition) is 3. The Morgan fingerprint density at radius 2 is 1.72 bits per heavy atom. The van der Waals surface area contributed by atoms with Crippen molar-refractivity contribution in [3.05, 3.63) is 12.1 Å². The smallest absolute Gasteiger partial charge is 0.333 e. The van der Waals surface area contributed by atoms with Gasteiger partial charge in [-0.1, -0.05) is 0 Å². The van der Waals surface area contributed by atoms with Gasteiger partial charge < -0.3 is 30.2 Å². The summed E-state index contributed by atoms with van der Waals surface area (Å²) in [7, 11) is 3.64. The lowest BCUT2D eigenvalue weighted by Crippen LogP contribution is -2.48. The van der Waals surface area contributed by atoms with Gasteiger partial charge in [0, 0.05) is 64.9 Å². The molecule has 29 heavy (non-hydrogen) atoms. The lowest BCUT2D eigenvalue weighted by atomic mass is 10.5. The average molecular weight is 419 g/mol. The standard InChI is InChI=1S/C18H29N5O6/c1-20-9-11-22(12-10-20)13-14(24)19-7-8-21(2)15(25)5-6-18(28)29-23-16(26)3-4-17(23)27/h3-4,26-27H,5-13H2,1-2H3,(H,19,24)/i1+1,9+1,11+1,14+1,15+1,18+1,20+1,22+1. The predicted octanol–water partition coefficient (Wildman–Crippen LogP) is -1.54. The summed E-state index contributed by atoms with van der Waals surface area (Å²) in [5.41, 5.74) is 0. The van der Waals surface area contributed by atoms with E-state index in [0.717, 1.165) is 26.2 Å². The first kappa shape index (κ1) is 22.5. The molecule has 0 radical (unpaired) electrons. The number of nitrogens with one attached hydrogen (secondary N) is 1. The molecule has 2 rings (SSSR count). The monoisotopic (exact) mass is 419 g/mol. The second-order valence-electron chi connectivity index (χ2n) is 7.05. The Hall–Kier alpha value is -2.79. The van der Waals surface area contributed by atoms with E-state index in [4.69, 9.17) is 4.84 Å². The third-order valence-electron chi connectivity index (χ3n) is 4.69. The molecule has 0 unspecified atom stereocenters. The Balaban J connectivity index is 1.60. The topological polar surface area (TPSA) is 128 Å². The Kier molecular flexibility index (Phi) is 8.28. The molecule has 1 saturated heterocycles. The van der Waals surface area contributed by atoms with Crippen molar-refractivity contribution in [2.45, 2.75) is 12.8 Å². The Bertz CT molecular complexity index is 694. The van der Waals surface area contributed by atoms with Crippen LogP contribution in [0, 0.1) is 0 Å². The lowest BCUT2D eigenvalue weighted by molar-refractivity contribution is -0.147. The number of rotatable bonds is 9. The van der Waals surface area contributed by atoms with Crippen LogP contribution in [0.1, 0.15) is 12.8 Å². The molecule has 0 saturated carbocycles. The molecule has 11 nitrogen and oxygen atoms in total. The molecule has 0 bridgehead atoms. The number of carbonyl (C=O) groups excluding carboxylic acids is 3. The fourth-order valence-corrected chi connectivity index (χ4v) is 2.80. The van der Waals surface area contributed by atoms with Gasteiger partial charge in [-0.25, -0.2) is 4.79 Å². The normalized spacial score (nSPS) is 15.1. The van der Waals surface area contributed by atoms with Crippen molar-refractivity contribution < 1.29 is 29.4 Å². The van der Waals surface area contributed by atoms with Crippen LogP contribution in [0.5, 0.6) is 11.8 Å². The maximum Gasteiger partial charge on any atom is 0.333 e. The Morgan fingerprint density at radius 1 is 1.10 bits per heavy atom. The third kappa shape index (κ3) is 7.27. The summed E-state index contributed by atoms with van der Waals surface area (Å²) in [6.45, 7) is 4.59. The number of aromatic hydroxyl groups is 2. The highest BCUT2D eigenvalue weighted by molar-refractivity contribution is 5.81. The molecular formula is C18H29N5O6. The van der Waals surface area contributed by atoms with E-state index in [0.29, 0.717) is 24.4 Å². The van der Waals surface area contributed by atoms with Crippen LogP contribution in [0.25, 0.3) is 0 Å². The van der Waals surface area contributed by atoms with E-state index in [9.17, 15) is 24.6 Å². The van der Waals surface area contributed by atoms with Crippen molar-refractivity contribution >= 4 is 17.8 Å². The van der Waals surface area contributed by atoms with Gasteiger partial charge in [0.2, 0.25) is 23.6 Å². The SMILES string of the molecule is CN(CCN[13C](=O)C[15N]1CC[15N]([13CH3])[13CH2][13CH2]1)[13C](=O)CC[13C](=O)On1c(O)ccc1O. The van der Waals surface area contributed by atoms with E-state index in [1.165, 1.54) is 17.0 Å². The molecule has 0 aromatic carbocycles. The van der Waals surface area contributed by atoms with Gasteiger partial charge in [0.25, 0.3) is 0 Å². The van der Waals surface area contributed by atoms with Gasteiger partial charge in [-0.05, 0) is 7.05 Å². The zero-order valence-corrected chi connectivity index (χ0v) is 16.8. The van der Waals surface area contributed by atoms with Crippen molar-refractivity contribution in [2.24, 2.45) is 0 Å². The van der Waals surface area contributed by atoms with Crippen molar-refractivity contribution in [1.29, 1.82) is 0 Å². The minimum Gasteiger partial charge on any atom is -0.492 e. The van der Waals surface area contributed by atoms with Crippen LogP contribution in [0.3, 0.4) is 0 Å². The van der Waals surface area contributed by atoms with E-state index in [2.05, 4.69) is 22.2 Å². The Morgan fingerprint density at radius 3 is 2.34 bits per heavy atom. The molecule has 0 atom stereocenters. The van der Waals surface area contributed by atoms with Gasteiger partial charge in [0.15, 0.2) is 0 Å². The molecule has 1 aromatic heterocycles. The molecule has 11 heteroatoms. The molecule has 3 N–H and O–H groups in total. The molecule has 2 heterocycles. The van der Waals surface area contributed by atoms with Crippen molar-refractivity contribution in [1.82, 2.24) is 24.7 Å². The first-order valence-corrected chi connectivity index (χ1v) is 9.48. The zero-order valence-electron chi connectivity index (χ0n) is 16.8. The van der Waals surface area contributed by atoms with Gasteiger partial charge >= 0.3 is 5.97 Å². The molecular weight excluding hydrogens is 390 g/mol. The summed E-state index contributed by atoms with van der Waals surface area (Å²) < 4.78 is 0.576. The number of nitrogens with zero attached hydrogens (tertiary/aromatic N) is 4. The summed E-state index contributed by atoms with van der Waals surface area (Å²) in [5.74, 6) is -1.98. The minimum atomic E-state index is -0.769. The number of piperazine rings is 1. The first-order valence-electron chi connectivity index (χ1n) is 9.48. The van der Waals surface area contributed by atoms with Crippen LogP contribution in [-0.4, -0.2) is 107 Å². The maximum absolute atomic E-state index is 12.1. The number of likely N-dealkylation sites (N-methyl/N-ethyl adjacent to an activating group) is 2. The second-order valence-corrected chi connectivity index (χ2v) is 7.05. The van der Waals surface area contributed by atoms with Gasteiger partial charge in [-0.3, -0.25) is 14.5 Å². The quantitative estimate of drug-likeness (QED) is 0.325. The van der Waals surface area contributed by atoms with E-state index >= 15 is 0 Å². The number of amides is 2. The van der Waals surface area contributed by atoms with Crippen LogP contribution >= 0.6 is 0 Å². The maximum atomic E-state index is 12.1. The third-order valence-corrected chi connectivity index (χ3v) is 4.69. The zero-order chi connectivity index (χ0) is 21.4. The highest BCUT2D eigenvalue weighted by atomic mass is 16.8. The van der Waals surface area contributed by atoms with Crippen molar-refractivity contribution in [2.75, 3.05) is 59.9 Å². The number of carbonyl (C=O) groups is 3. The summed E-state index contributed by atoms with van der Waals surface area (Å²) in [5, 5.41) is 21.6.